The average Bonchev–Trinajstić information content (AvgIpc) is 2.21. The van der Waals surface area contributed by atoms with E-state index in [1.807, 2.05) is 18.2 Å². The van der Waals surface area contributed by atoms with Crippen LogP contribution in [-0.4, -0.2) is 14.2 Å². The first-order chi connectivity index (χ1) is 6.61. The molecular weight excluding hydrogens is 287 g/mol. The van der Waals surface area contributed by atoms with Gasteiger partial charge in [0.2, 0.25) is 0 Å². The zero-order chi connectivity index (χ0) is 10.6. The second-order valence-corrected chi connectivity index (χ2v) is 6.34. The summed E-state index contributed by atoms with van der Waals surface area (Å²) in [6, 6.07) is 7.40. The quantitative estimate of drug-likeness (QED) is 0.797. The molecule has 14 heavy (non-hydrogen) atoms. The summed E-state index contributed by atoms with van der Waals surface area (Å²) in [6.45, 7) is -2.63. The minimum atomic E-state index is -2.63. The molecule has 1 aromatic rings. The minimum absolute atomic E-state index is 0.625. The fraction of sp³-hybridized carbons (Fsp3) is 0.250. The summed E-state index contributed by atoms with van der Waals surface area (Å²) in [5.41, 5.74) is 0. The van der Waals surface area contributed by atoms with E-state index in [1.54, 1.807) is 6.07 Å². The molecule has 0 aromatic heterocycles. The van der Waals surface area contributed by atoms with Gasteiger partial charge >= 0.3 is 6.72 Å². The van der Waals surface area contributed by atoms with Crippen molar-refractivity contribution in [1.29, 1.82) is 0 Å². The van der Waals surface area contributed by atoms with Crippen LogP contribution >= 0.6 is 22.6 Å². The maximum Gasteiger partial charge on any atom is 0.380 e. The Bertz CT molecular complexity index is 350. The predicted octanol–water partition coefficient (Wildman–Crippen LogP) is 3.35. The second kappa shape index (κ2) is 5.24. The van der Waals surface area contributed by atoms with Crippen LogP contribution in [0.25, 0.3) is 0 Å². The Morgan fingerprint density at radius 2 is 1.79 bits per heavy atom. The molecule has 0 fully saturated rings. The molecule has 0 unspecified atom stereocenters. The van der Waals surface area contributed by atoms with Crippen molar-refractivity contribution < 1.29 is 13.6 Å². The van der Waals surface area contributed by atoms with Crippen LogP contribution in [0.3, 0.4) is 0 Å². The van der Waals surface area contributed by atoms with Gasteiger partial charge in [-0.15, -0.1) is 0 Å². The topological polar surface area (TPSA) is 27.7 Å². The fourth-order valence-corrected chi connectivity index (χ4v) is 2.22. The van der Waals surface area contributed by atoms with Gasteiger partial charge < -0.3 is 13.6 Å². The van der Waals surface area contributed by atoms with Crippen LogP contribution < -0.4 is 4.52 Å². The highest BCUT2D eigenvalue weighted by Crippen LogP contribution is 2.49. The summed E-state index contributed by atoms with van der Waals surface area (Å²) in [7, 11) is 2.95. The third-order valence-electron chi connectivity index (χ3n) is 1.49. The van der Waals surface area contributed by atoms with Gasteiger partial charge in [0.25, 0.3) is 0 Å². The molecule has 78 valence electrons. The highest BCUT2D eigenvalue weighted by Gasteiger charge is 2.19. The summed E-state index contributed by atoms with van der Waals surface area (Å²) in [4.78, 5) is 0. The van der Waals surface area contributed by atoms with Crippen LogP contribution in [0, 0.1) is 0 Å². The maximum atomic E-state index is 5.47. The van der Waals surface area contributed by atoms with Crippen molar-refractivity contribution in [1.82, 2.24) is 0 Å². The standard InChI is InChI=1S/C8H10BrO3PS/c1-10-13(14,11-2)12-8-6-4-3-5-7(8)9/h3-6H,1-2H3. The van der Waals surface area contributed by atoms with Crippen LogP contribution in [0.15, 0.2) is 28.7 Å². The van der Waals surface area contributed by atoms with E-state index in [4.69, 9.17) is 25.4 Å². The van der Waals surface area contributed by atoms with E-state index >= 15 is 0 Å². The summed E-state index contributed by atoms with van der Waals surface area (Å²) in [5.74, 6) is 0.625. The summed E-state index contributed by atoms with van der Waals surface area (Å²) in [6.07, 6.45) is 0. The third kappa shape index (κ3) is 3.04. The van der Waals surface area contributed by atoms with Crippen LogP contribution in [0.4, 0.5) is 0 Å². The Morgan fingerprint density at radius 1 is 1.21 bits per heavy atom. The molecule has 0 aliphatic heterocycles. The largest absolute Gasteiger partial charge is 0.423 e. The van der Waals surface area contributed by atoms with Crippen molar-refractivity contribution in [2.24, 2.45) is 0 Å². The fourth-order valence-electron chi connectivity index (χ4n) is 0.788. The van der Waals surface area contributed by atoms with E-state index in [2.05, 4.69) is 15.9 Å². The highest BCUT2D eigenvalue weighted by molar-refractivity contribution is 9.10. The van der Waals surface area contributed by atoms with Gasteiger partial charge in [0, 0.05) is 26.0 Å². The van der Waals surface area contributed by atoms with Gasteiger partial charge in [0.1, 0.15) is 5.75 Å². The summed E-state index contributed by atoms with van der Waals surface area (Å²) >= 11 is 8.41. The van der Waals surface area contributed by atoms with Crippen molar-refractivity contribution in [2.45, 2.75) is 0 Å². The van der Waals surface area contributed by atoms with Crippen molar-refractivity contribution >= 4 is 34.5 Å². The molecule has 0 aliphatic carbocycles. The Balaban J connectivity index is 2.88. The zero-order valence-corrected chi connectivity index (χ0v) is 11.1. The molecule has 0 bridgehead atoms. The van der Waals surface area contributed by atoms with E-state index in [9.17, 15) is 0 Å². The number of rotatable bonds is 4. The van der Waals surface area contributed by atoms with Gasteiger partial charge in [-0.05, 0) is 28.1 Å². The molecule has 0 atom stereocenters. The first-order valence-corrected chi connectivity index (χ1v) is 7.12. The monoisotopic (exact) mass is 296 g/mol. The first kappa shape index (κ1) is 12.1. The van der Waals surface area contributed by atoms with Gasteiger partial charge in [-0.1, -0.05) is 12.1 Å². The second-order valence-electron chi connectivity index (χ2n) is 2.33. The molecule has 6 heteroatoms. The summed E-state index contributed by atoms with van der Waals surface area (Å²) in [5, 5.41) is 0. The lowest BCUT2D eigenvalue weighted by atomic mass is 10.3. The van der Waals surface area contributed by atoms with E-state index in [1.165, 1.54) is 14.2 Å². The first-order valence-electron chi connectivity index (χ1n) is 3.77. The Labute approximate surface area is 96.7 Å². The van der Waals surface area contributed by atoms with Gasteiger partial charge in [-0.2, -0.15) is 0 Å². The molecule has 0 saturated heterocycles. The lowest BCUT2D eigenvalue weighted by Gasteiger charge is -2.18. The van der Waals surface area contributed by atoms with Crippen LogP contribution in [0.5, 0.6) is 5.75 Å². The highest BCUT2D eigenvalue weighted by atomic mass is 79.9. The van der Waals surface area contributed by atoms with Crippen molar-refractivity contribution in [3.63, 3.8) is 0 Å². The van der Waals surface area contributed by atoms with Crippen molar-refractivity contribution in [3.8, 4) is 5.75 Å². The third-order valence-corrected chi connectivity index (χ3v) is 4.58. The maximum absolute atomic E-state index is 5.47. The van der Waals surface area contributed by atoms with Crippen LogP contribution in [0.1, 0.15) is 0 Å². The van der Waals surface area contributed by atoms with Crippen molar-refractivity contribution in [3.05, 3.63) is 28.7 Å². The average molecular weight is 297 g/mol. The molecule has 1 aromatic carbocycles. The molecule has 3 nitrogen and oxygen atoms in total. The Hall–Kier alpha value is 0.0700. The zero-order valence-electron chi connectivity index (χ0n) is 7.77. The number of hydrogen-bond donors (Lipinski definition) is 0. The van der Waals surface area contributed by atoms with E-state index in [0.29, 0.717) is 5.75 Å². The molecule has 0 heterocycles. The van der Waals surface area contributed by atoms with Gasteiger partial charge in [0.15, 0.2) is 0 Å². The molecule has 0 radical (unpaired) electrons. The number of halogens is 1. The molecule has 0 spiro atoms. The Morgan fingerprint density at radius 3 is 2.29 bits per heavy atom. The SMILES string of the molecule is COP(=S)(OC)Oc1ccccc1Br. The van der Waals surface area contributed by atoms with Gasteiger partial charge in [-0.3, -0.25) is 0 Å². The van der Waals surface area contributed by atoms with Crippen LogP contribution in [0.2, 0.25) is 0 Å². The normalized spacial score (nSPS) is 11.4. The molecular formula is C8H10BrO3PS. The molecule has 0 amide bonds. The molecule has 0 N–H and O–H groups in total. The van der Waals surface area contributed by atoms with Crippen LogP contribution in [-0.2, 0) is 20.9 Å². The van der Waals surface area contributed by atoms with Crippen molar-refractivity contribution in [2.75, 3.05) is 14.2 Å². The number of para-hydroxylation sites is 1. The Kier molecular flexibility index (Phi) is 4.54. The predicted molar refractivity (Wildman–Crippen MR) is 63.1 cm³/mol. The van der Waals surface area contributed by atoms with E-state index < -0.39 is 6.72 Å². The lowest BCUT2D eigenvalue weighted by molar-refractivity contribution is 0.273. The number of hydrogen-bond acceptors (Lipinski definition) is 4. The van der Waals surface area contributed by atoms with Gasteiger partial charge in [-0.25, -0.2) is 0 Å². The summed E-state index contributed by atoms with van der Waals surface area (Å²) < 4.78 is 16.3. The molecule has 0 aliphatic rings. The van der Waals surface area contributed by atoms with E-state index in [-0.39, 0.29) is 0 Å². The van der Waals surface area contributed by atoms with Gasteiger partial charge in [0.05, 0.1) is 4.47 Å². The lowest BCUT2D eigenvalue weighted by Crippen LogP contribution is -1.97. The smallest absolute Gasteiger partial charge is 0.380 e. The van der Waals surface area contributed by atoms with E-state index in [0.717, 1.165) is 4.47 Å². The minimum Gasteiger partial charge on any atom is -0.423 e. The molecule has 1 rings (SSSR count). The number of benzene rings is 1. The molecule has 0 saturated carbocycles.